The molecule has 110 valence electrons. The lowest BCUT2D eigenvalue weighted by molar-refractivity contribution is 0.149. The molecule has 0 radical (unpaired) electrons. The van der Waals surface area contributed by atoms with Crippen molar-refractivity contribution < 1.29 is 0 Å². The summed E-state index contributed by atoms with van der Waals surface area (Å²) >= 11 is 0. The fourth-order valence-corrected chi connectivity index (χ4v) is 3.22. The molecule has 0 nitrogen and oxygen atoms in total. The average molecular weight is 255 g/mol. The molecule has 0 rings (SSSR count). The summed E-state index contributed by atoms with van der Waals surface area (Å²) in [5.74, 6) is 1.84. The molecule has 1 atom stereocenters. The second kappa shape index (κ2) is 7.56. The van der Waals surface area contributed by atoms with Crippen LogP contribution < -0.4 is 0 Å². The Morgan fingerprint density at radius 3 is 1.44 bits per heavy atom. The van der Waals surface area contributed by atoms with Crippen LogP contribution in [0.5, 0.6) is 0 Å². The van der Waals surface area contributed by atoms with Crippen LogP contribution in [0.25, 0.3) is 0 Å². The van der Waals surface area contributed by atoms with Crippen molar-refractivity contribution in [2.45, 2.75) is 93.9 Å². The van der Waals surface area contributed by atoms with Crippen molar-refractivity contribution >= 4 is 0 Å². The summed E-state index contributed by atoms with van der Waals surface area (Å²) in [7, 11) is 0. The van der Waals surface area contributed by atoms with Gasteiger partial charge in [-0.05, 0) is 35.5 Å². The molecule has 0 aromatic carbocycles. The van der Waals surface area contributed by atoms with E-state index in [1.165, 1.54) is 38.5 Å². The first-order valence-electron chi connectivity index (χ1n) is 8.09. The Hall–Kier alpha value is 0. The van der Waals surface area contributed by atoms with Gasteiger partial charge in [-0.1, -0.05) is 81.1 Å². The Morgan fingerprint density at radius 1 is 0.722 bits per heavy atom. The molecule has 0 heterocycles. The predicted molar refractivity (Wildman–Crippen MR) is 84.9 cm³/mol. The molecule has 0 saturated heterocycles. The zero-order valence-electron chi connectivity index (χ0n) is 14.4. The van der Waals surface area contributed by atoms with Crippen molar-refractivity contribution in [2.75, 3.05) is 0 Å². The van der Waals surface area contributed by atoms with Gasteiger partial charge in [0, 0.05) is 0 Å². The van der Waals surface area contributed by atoms with Crippen LogP contribution in [0.3, 0.4) is 0 Å². The topological polar surface area (TPSA) is 0 Å². The number of hydrogen-bond acceptors (Lipinski definition) is 0. The number of hydrogen-bond donors (Lipinski definition) is 0. The average Bonchev–Trinajstić information content (AvgIpc) is 2.13. The molecule has 0 fully saturated rings. The van der Waals surface area contributed by atoms with Crippen molar-refractivity contribution in [3.05, 3.63) is 0 Å². The highest BCUT2D eigenvalue weighted by molar-refractivity contribution is 4.79. The molecule has 0 spiro atoms. The molecule has 0 aliphatic rings. The Morgan fingerprint density at radius 2 is 1.17 bits per heavy atom. The monoisotopic (exact) mass is 254 g/mol. The summed E-state index contributed by atoms with van der Waals surface area (Å²) in [5.41, 5.74) is 0.936. The van der Waals surface area contributed by atoms with Gasteiger partial charge in [-0.25, -0.2) is 0 Å². The molecule has 0 saturated carbocycles. The third-order valence-electron chi connectivity index (χ3n) is 3.87. The van der Waals surface area contributed by atoms with E-state index in [1.807, 2.05) is 0 Å². The molecule has 0 heteroatoms. The fraction of sp³-hybridized carbons (Fsp3) is 1.00. The van der Waals surface area contributed by atoms with Crippen LogP contribution in [0.4, 0.5) is 0 Å². The van der Waals surface area contributed by atoms with E-state index in [9.17, 15) is 0 Å². The summed E-state index contributed by atoms with van der Waals surface area (Å²) < 4.78 is 0. The highest BCUT2D eigenvalue weighted by Gasteiger charge is 2.28. The molecule has 0 bridgehead atoms. The molecule has 0 amide bonds. The minimum absolute atomic E-state index is 0.468. The maximum absolute atomic E-state index is 2.40. The van der Waals surface area contributed by atoms with Gasteiger partial charge in [0.1, 0.15) is 0 Å². The van der Waals surface area contributed by atoms with Crippen LogP contribution in [0.15, 0.2) is 0 Å². The van der Waals surface area contributed by atoms with Gasteiger partial charge in [-0.3, -0.25) is 0 Å². The van der Waals surface area contributed by atoms with E-state index in [2.05, 4.69) is 55.4 Å². The van der Waals surface area contributed by atoms with E-state index in [4.69, 9.17) is 0 Å². The minimum Gasteiger partial charge on any atom is -0.0654 e. The van der Waals surface area contributed by atoms with Crippen molar-refractivity contribution in [1.29, 1.82) is 0 Å². The van der Waals surface area contributed by atoms with Crippen LogP contribution in [0.2, 0.25) is 0 Å². The van der Waals surface area contributed by atoms with Crippen LogP contribution in [0, 0.1) is 22.7 Å². The summed E-state index contributed by atoms with van der Waals surface area (Å²) in [4.78, 5) is 0. The predicted octanol–water partition coefficient (Wildman–Crippen LogP) is 6.69. The molecule has 0 aromatic heterocycles. The van der Waals surface area contributed by atoms with E-state index in [1.54, 1.807) is 0 Å². The standard InChI is InChI=1S/C18H38/c1-9-11-12-15(10-2)16(13-17(3,4)5)14-18(6,7)8/h15-16H,9-14H2,1-8H3. The number of unbranched alkanes of at least 4 members (excludes halogenated alkanes) is 1. The maximum atomic E-state index is 2.40. The molecule has 0 aliphatic carbocycles. The van der Waals surface area contributed by atoms with Crippen LogP contribution in [-0.2, 0) is 0 Å². The Bertz CT molecular complexity index is 185. The van der Waals surface area contributed by atoms with E-state index in [-0.39, 0.29) is 0 Å². The molecular weight excluding hydrogens is 216 g/mol. The first-order chi connectivity index (χ1) is 8.09. The molecule has 0 aromatic rings. The largest absolute Gasteiger partial charge is 0.0654 e. The van der Waals surface area contributed by atoms with E-state index < -0.39 is 0 Å². The Kier molecular flexibility index (Phi) is 7.56. The van der Waals surface area contributed by atoms with Gasteiger partial charge in [-0.2, -0.15) is 0 Å². The zero-order chi connectivity index (χ0) is 14.4. The summed E-state index contributed by atoms with van der Waals surface area (Å²) in [6.45, 7) is 19.1. The lowest BCUT2D eigenvalue weighted by atomic mass is 9.70. The highest BCUT2D eigenvalue weighted by Crippen LogP contribution is 2.39. The maximum Gasteiger partial charge on any atom is -0.0376 e. The second-order valence-electron chi connectivity index (χ2n) is 8.60. The third-order valence-corrected chi connectivity index (χ3v) is 3.87. The van der Waals surface area contributed by atoms with Gasteiger partial charge in [0.2, 0.25) is 0 Å². The summed E-state index contributed by atoms with van der Waals surface area (Å²) in [6, 6.07) is 0. The first kappa shape index (κ1) is 18.0. The zero-order valence-corrected chi connectivity index (χ0v) is 14.4. The van der Waals surface area contributed by atoms with Gasteiger partial charge < -0.3 is 0 Å². The van der Waals surface area contributed by atoms with Crippen molar-refractivity contribution in [1.82, 2.24) is 0 Å². The van der Waals surface area contributed by atoms with Crippen molar-refractivity contribution in [3.8, 4) is 0 Å². The first-order valence-corrected chi connectivity index (χ1v) is 8.09. The second-order valence-corrected chi connectivity index (χ2v) is 8.60. The third kappa shape index (κ3) is 9.00. The molecule has 18 heavy (non-hydrogen) atoms. The lowest BCUT2D eigenvalue weighted by Gasteiger charge is -2.36. The normalized spacial score (nSPS) is 15.2. The molecular formula is C18H38. The Balaban J connectivity index is 4.70. The van der Waals surface area contributed by atoms with E-state index in [0.29, 0.717) is 10.8 Å². The van der Waals surface area contributed by atoms with Gasteiger partial charge in [-0.15, -0.1) is 0 Å². The van der Waals surface area contributed by atoms with Gasteiger partial charge in [0.05, 0.1) is 0 Å². The SMILES string of the molecule is CCCCC(CC)C(CC(C)(C)C)CC(C)(C)C. The quantitative estimate of drug-likeness (QED) is 0.474. The van der Waals surface area contributed by atoms with Crippen molar-refractivity contribution in [3.63, 3.8) is 0 Å². The number of rotatable bonds is 7. The van der Waals surface area contributed by atoms with E-state index in [0.717, 1.165) is 11.8 Å². The van der Waals surface area contributed by atoms with Crippen LogP contribution in [-0.4, -0.2) is 0 Å². The molecule has 0 N–H and O–H groups in total. The Labute approximate surface area is 117 Å². The van der Waals surface area contributed by atoms with E-state index >= 15 is 0 Å². The van der Waals surface area contributed by atoms with Gasteiger partial charge >= 0.3 is 0 Å². The molecule has 0 aliphatic heterocycles. The van der Waals surface area contributed by atoms with Crippen molar-refractivity contribution in [2.24, 2.45) is 22.7 Å². The summed E-state index contributed by atoms with van der Waals surface area (Å²) in [6.07, 6.45) is 8.30. The van der Waals surface area contributed by atoms with Crippen LogP contribution >= 0.6 is 0 Å². The van der Waals surface area contributed by atoms with Crippen LogP contribution in [0.1, 0.15) is 93.9 Å². The molecule has 1 unspecified atom stereocenters. The minimum atomic E-state index is 0.468. The van der Waals surface area contributed by atoms with Gasteiger partial charge in [0.25, 0.3) is 0 Å². The van der Waals surface area contributed by atoms with Gasteiger partial charge in [0.15, 0.2) is 0 Å². The summed E-state index contributed by atoms with van der Waals surface area (Å²) in [5, 5.41) is 0. The smallest absolute Gasteiger partial charge is 0.0376 e. The fourth-order valence-electron chi connectivity index (χ4n) is 3.22. The highest BCUT2D eigenvalue weighted by atomic mass is 14.3. The lowest BCUT2D eigenvalue weighted by Crippen LogP contribution is -2.25.